The predicted octanol–water partition coefficient (Wildman–Crippen LogP) is 3.10. The Morgan fingerprint density at radius 1 is 0.603 bits per heavy atom. The van der Waals surface area contributed by atoms with Gasteiger partial charge in [0.15, 0.2) is 0 Å². The van der Waals surface area contributed by atoms with E-state index in [1.54, 1.807) is 0 Å². The van der Waals surface area contributed by atoms with Crippen LogP contribution in [0.25, 0.3) is 0 Å². The molecule has 0 saturated carbocycles. The molecule has 17 nitrogen and oxygen atoms in total. The molecule has 0 spiro atoms. The summed E-state index contributed by atoms with van der Waals surface area (Å²) in [6, 6.07) is 2.15. The van der Waals surface area contributed by atoms with Crippen molar-refractivity contribution in [2.24, 2.45) is 5.73 Å². The van der Waals surface area contributed by atoms with Crippen molar-refractivity contribution in [2.45, 2.75) is 155 Å². The number of hydrogen-bond donors (Lipinski definition) is 9. The summed E-state index contributed by atoms with van der Waals surface area (Å²) in [6.07, 6.45) is 4.74. The van der Waals surface area contributed by atoms with Gasteiger partial charge in [-0.3, -0.25) is 28.8 Å². The summed E-state index contributed by atoms with van der Waals surface area (Å²) >= 11 is -2.77. The van der Waals surface area contributed by atoms with Gasteiger partial charge in [0.1, 0.15) is 12.1 Å². The van der Waals surface area contributed by atoms with Gasteiger partial charge >= 0.3 is 217 Å². The molecule has 1 aromatic rings. The van der Waals surface area contributed by atoms with Crippen LogP contribution in [-0.4, -0.2) is 117 Å². The number of hydrogen-bond acceptors (Lipinski definition) is 9. The maximum atomic E-state index is 13.3. The van der Waals surface area contributed by atoms with Gasteiger partial charge < -0.3 is 31.7 Å². The number of carboxylic acid groups (broad SMARTS) is 4. The minimum absolute atomic E-state index is 0.0547. The van der Waals surface area contributed by atoms with Crippen LogP contribution in [0.15, 0.2) is 24.3 Å². The van der Waals surface area contributed by atoms with Crippen LogP contribution < -0.4 is 30.6 Å². The number of rotatable bonds is 32. The van der Waals surface area contributed by atoms with E-state index in [4.69, 9.17) is 15.9 Å². The Morgan fingerprint density at radius 2 is 1.07 bits per heavy atom. The Labute approximate surface area is 344 Å². The van der Waals surface area contributed by atoms with Crippen molar-refractivity contribution in [3.63, 3.8) is 0 Å². The molecule has 4 amide bonds. The average Bonchev–Trinajstić information content (AvgIpc) is 3.18. The van der Waals surface area contributed by atoms with Gasteiger partial charge in [-0.1, -0.05) is 0 Å². The van der Waals surface area contributed by atoms with Crippen LogP contribution >= 0.6 is 0 Å². The van der Waals surface area contributed by atoms with Gasteiger partial charge in [0, 0.05) is 19.3 Å². The zero-order valence-corrected chi connectivity index (χ0v) is 37.0. The number of carbonyl (C=O) groups excluding carboxylic acids is 4. The summed E-state index contributed by atoms with van der Waals surface area (Å²) in [7, 11) is 0. The summed E-state index contributed by atoms with van der Waals surface area (Å²) in [5.74, 6) is -8.48. The normalized spacial score (nSPS) is 13.3. The molecule has 1 aromatic carbocycles. The molecule has 58 heavy (non-hydrogen) atoms. The molecule has 0 bridgehead atoms. The molecule has 0 heterocycles. The molecule has 0 unspecified atom stereocenters. The van der Waals surface area contributed by atoms with Crippen molar-refractivity contribution >= 4 is 69.5 Å². The van der Waals surface area contributed by atoms with Crippen LogP contribution in [0.2, 0.25) is 13.3 Å². The number of nitrogens with two attached hydrogens (primary N) is 1. The Kier molecular flexibility index (Phi) is 25.2. The van der Waals surface area contributed by atoms with Crippen molar-refractivity contribution in [3.05, 3.63) is 29.8 Å². The molecule has 18 heteroatoms. The van der Waals surface area contributed by atoms with Crippen LogP contribution in [0.1, 0.15) is 127 Å². The molecular formula is C40H65N5O12Sn. The van der Waals surface area contributed by atoms with Gasteiger partial charge in [-0.15, -0.1) is 0 Å². The van der Waals surface area contributed by atoms with E-state index in [1.165, 1.54) is 36.2 Å². The zero-order valence-electron chi connectivity index (χ0n) is 34.2. The molecule has 0 fully saturated rings. The quantitative estimate of drug-likeness (QED) is 0.0371. The molecule has 0 aliphatic carbocycles. The first-order chi connectivity index (χ1) is 27.5. The second-order valence-corrected chi connectivity index (χ2v) is 28.1. The van der Waals surface area contributed by atoms with E-state index in [9.17, 15) is 48.6 Å². The number of amides is 4. The minimum atomic E-state index is -2.77. The van der Waals surface area contributed by atoms with Crippen LogP contribution in [0.4, 0.5) is 0 Å². The number of carbonyl (C=O) groups is 8. The summed E-state index contributed by atoms with van der Waals surface area (Å²) in [5.41, 5.74) is 6.31. The first-order valence-corrected chi connectivity index (χ1v) is 27.9. The van der Waals surface area contributed by atoms with Crippen molar-refractivity contribution < 1.29 is 58.8 Å². The standard InChI is InChI=1S/C28H38N5O12.3C4H9.Sn/c29-17(9-12-21(34)35)25(41)31-18(10-13-22(36)37)26(42)32-19(11-14-23(38)39)27(43)33-20(28(44)45)8-4-5-15-30-24(40)16-6-2-1-3-7-16;3*1-3-4-2;/h1-2,6-7,17-20H,4-5,8-15,29H2,(H,30,40)(H,31,41)(H,32,42)(H,33,43)(H,34,35)(H,36,37)(H,38,39)(H,44,45);3*1,3-4H2,2H3;/t17-,18-,19-,20-;;;;/m1..../s1. The van der Waals surface area contributed by atoms with Crippen molar-refractivity contribution in [1.29, 1.82) is 0 Å². The van der Waals surface area contributed by atoms with Crippen molar-refractivity contribution in [2.75, 3.05) is 6.54 Å². The topological polar surface area (TPSA) is 292 Å². The van der Waals surface area contributed by atoms with Crippen molar-refractivity contribution in [1.82, 2.24) is 21.3 Å². The van der Waals surface area contributed by atoms with E-state index in [1.807, 2.05) is 12.1 Å². The number of carboxylic acids is 4. The van der Waals surface area contributed by atoms with Gasteiger partial charge in [-0.05, 0) is 19.3 Å². The summed E-state index contributed by atoms with van der Waals surface area (Å²) in [6.45, 7) is 6.90. The van der Waals surface area contributed by atoms with E-state index in [0.717, 1.165) is 19.3 Å². The average molecular weight is 927 g/mol. The number of nitrogens with one attached hydrogen (secondary N) is 4. The van der Waals surface area contributed by atoms with E-state index in [0.29, 0.717) is 12.0 Å². The fourth-order valence-electron chi connectivity index (χ4n) is 6.69. The Morgan fingerprint density at radius 3 is 1.53 bits per heavy atom. The molecule has 0 saturated heterocycles. The molecular weight excluding hydrogens is 861 g/mol. The van der Waals surface area contributed by atoms with Crippen molar-refractivity contribution in [3.8, 4) is 0 Å². The molecule has 1 rings (SSSR count). The van der Waals surface area contributed by atoms with Gasteiger partial charge in [0.25, 0.3) is 0 Å². The molecule has 0 aliphatic heterocycles. The third-order valence-electron chi connectivity index (χ3n) is 10.1. The third kappa shape index (κ3) is 19.9. The molecule has 0 radical (unpaired) electrons. The second-order valence-electron chi connectivity index (χ2n) is 14.8. The Bertz CT molecular complexity index is 1500. The number of unbranched alkanes of at least 4 members (excludes halogenated alkanes) is 4. The van der Waals surface area contributed by atoms with E-state index in [2.05, 4.69) is 54.2 Å². The SMILES string of the molecule is CCC[CH2][Sn]([CH2]CCC)([CH2]CCC)[c]1cccc(C(=O)NCCCC[C@@H](NC(=O)[C@@H](CCC(=O)O)NC(=O)[C@@H](CCC(=O)O)NC(=O)[C@H](N)CCC(=O)O)C(=O)O)c1. The maximum absolute atomic E-state index is 13.3. The molecule has 10 N–H and O–H groups in total. The van der Waals surface area contributed by atoms with E-state index >= 15 is 0 Å². The summed E-state index contributed by atoms with van der Waals surface area (Å²) < 4.78 is 5.18. The third-order valence-corrected chi connectivity index (χ3v) is 25.8. The molecule has 0 aliphatic rings. The van der Waals surface area contributed by atoms with Gasteiger partial charge in [0.05, 0.1) is 6.04 Å². The number of benzene rings is 1. The molecule has 0 aromatic heterocycles. The Balaban J connectivity index is 2.98. The second kappa shape index (κ2) is 28.2. The first-order valence-electron chi connectivity index (χ1n) is 20.4. The van der Waals surface area contributed by atoms with Gasteiger partial charge in [-0.25, -0.2) is 0 Å². The fraction of sp³-hybridized carbons (Fsp3) is 0.650. The molecule has 326 valence electrons. The van der Waals surface area contributed by atoms with Crippen LogP contribution in [0, 0.1) is 0 Å². The van der Waals surface area contributed by atoms with Crippen LogP contribution in [0.5, 0.6) is 0 Å². The molecule has 4 atom stereocenters. The monoisotopic (exact) mass is 927 g/mol. The van der Waals surface area contributed by atoms with Crippen LogP contribution in [0.3, 0.4) is 0 Å². The van der Waals surface area contributed by atoms with E-state index in [-0.39, 0.29) is 31.7 Å². The fourth-order valence-corrected chi connectivity index (χ4v) is 22.7. The number of aliphatic carboxylic acids is 4. The summed E-state index contributed by atoms with van der Waals surface area (Å²) in [4.78, 5) is 97.9. The summed E-state index contributed by atoms with van der Waals surface area (Å²) in [5, 5.41) is 46.9. The van der Waals surface area contributed by atoms with Gasteiger partial charge in [0.2, 0.25) is 11.8 Å². The Hall–Kier alpha value is -4.26. The predicted molar refractivity (Wildman–Crippen MR) is 219 cm³/mol. The van der Waals surface area contributed by atoms with Gasteiger partial charge in [-0.2, -0.15) is 0 Å². The van der Waals surface area contributed by atoms with E-state index < -0.39 is 116 Å². The zero-order chi connectivity index (χ0) is 43.7. The van der Waals surface area contributed by atoms with Crippen LogP contribution in [-0.2, 0) is 33.6 Å². The first kappa shape index (κ1) is 51.8.